The lowest BCUT2D eigenvalue weighted by atomic mass is 9.52. The molecule has 2 rings (SSSR count). The molecule has 94 valence electrons. The van der Waals surface area contributed by atoms with E-state index < -0.39 is 0 Å². The van der Waals surface area contributed by atoms with Crippen LogP contribution in [0, 0.1) is 16.7 Å². The molecule has 0 radical (unpaired) electrons. The lowest BCUT2D eigenvalue weighted by molar-refractivity contribution is -0.0577. The third kappa shape index (κ3) is 2.43. The molecule has 2 aliphatic rings. The van der Waals surface area contributed by atoms with Crippen molar-refractivity contribution >= 4 is 0 Å². The number of β-amino-alcohol motifs (C(OH)–C–C–N with tert-alkyl or cyclic N) is 1. The fourth-order valence-electron chi connectivity index (χ4n) is 3.40. The summed E-state index contributed by atoms with van der Waals surface area (Å²) in [5.74, 6) is 0.942. The van der Waals surface area contributed by atoms with Crippen LogP contribution in [0.25, 0.3) is 0 Å². The second kappa shape index (κ2) is 4.30. The highest BCUT2D eigenvalue weighted by Gasteiger charge is 2.49. The van der Waals surface area contributed by atoms with Crippen molar-refractivity contribution in [1.29, 1.82) is 0 Å². The van der Waals surface area contributed by atoms with Crippen LogP contribution in [-0.4, -0.2) is 36.2 Å². The van der Waals surface area contributed by atoms with Crippen LogP contribution < -0.4 is 0 Å². The molecule has 0 amide bonds. The van der Waals surface area contributed by atoms with E-state index in [1.807, 2.05) is 0 Å². The molecule has 1 spiro atoms. The molecule has 0 bridgehead atoms. The lowest BCUT2D eigenvalue weighted by Gasteiger charge is -2.56. The van der Waals surface area contributed by atoms with E-state index in [2.05, 4.69) is 25.7 Å². The zero-order valence-electron chi connectivity index (χ0n) is 11.1. The molecule has 16 heavy (non-hydrogen) atoms. The Balaban J connectivity index is 1.79. The molecule has 1 saturated heterocycles. The van der Waals surface area contributed by atoms with Gasteiger partial charge in [0.15, 0.2) is 0 Å². The van der Waals surface area contributed by atoms with E-state index in [1.54, 1.807) is 0 Å². The predicted octanol–water partition coefficient (Wildman–Crippen LogP) is 2.52. The molecular weight excluding hydrogens is 198 g/mol. The molecule has 1 aliphatic heterocycles. The van der Waals surface area contributed by atoms with Crippen molar-refractivity contribution in [3.8, 4) is 0 Å². The Bertz CT molecular complexity index is 228. The predicted molar refractivity (Wildman–Crippen MR) is 67.4 cm³/mol. The van der Waals surface area contributed by atoms with Crippen LogP contribution in [0.15, 0.2) is 0 Å². The monoisotopic (exact) mass is 225 g/mol. The largest absolute Gasteiger partial charge is 0.395 e. The van der Waals surface area contributed by atoms with Gasteiger partial charge in [-0.1, -0.05) is 20.8 Å². The molecular formula is C14H27NO. The number of hydrogen-bond donors (Lipinski definition) is 1. The van der Waals surface area contributed by atoms with Gasteiger partial charge in [0, 0.05) is 6.54 Å². The number of aliphatic hydroxyl groups excluding tert-OH is 1. The third-order valence-corrected chi connectivity index (χ3v) is 4.92. The SMILES string of the molecule is CC(C)(C)C1CC2(CCN(CCO)CC2)C1. The molecule has 0 aromatic rings. The maximum atomic E-state index is 8.93. The van der Waals surface area contributed by atoms with Gasteiger partial charge in [0.05, 0.1) is 6.61 Å². The van der Waals surface area contributed by atoms with Gasteiger partial charge in [-0.25, -0.2) is 0 Å². The summed E-state index contributed by atoms with van der Waals surface area (Å²) in [6.07, 6.45) is 5.62. The van der Waals surface area contributed by atoms with Crippen molar-refractivity contribution in [3.63, 3.8) is 0 Å². The second-order valence-electron chi connectivity index (χ2n) is 7.04. The van der Waals surface area contributed by atoms with E-state index in [0.29, 0.717) is 17.4 Å². The molecule has 1 aliphatic carbocycles. The van der Waals surface area contributed by atoms with E-state index in [9.17, 15) is 0 Å². The van der Waals surface area contributed by atoms with Crippen LogP contribution >= 0.6 is 0 Å². The molecule has 0 atom stereocenters. The Morgan fingerprint density at radius 3 is 2.19 bits per heavy atom. The van der Waals surface area contributed by atoms with Crippen LogP contribution in [0.1, 0.15) is 46.5 Å². The molecule has 1 N–H and O–H groups in total. The summed E-state index contributed by atoms with van der Waals surface area (Å²) >= 11 is 0. The molecule has 2 heteroatoms. The third-order valence-electron chi connectivity index (χ3n) is 4.92. The first-order valence-electron chi connectivity index (χ1n) is 6.78. The van der Waals surface area contributed by atoms with Crippen LogP contribution in [0.3, 0.4) is 0 Å². The lowest BCUT2D eigenvalue weighted by Crippen LogP contribution is -2.50. The highest BCUT2D eigenvalue weighted by Crippen LogP contribution is 2.57. The average Bonchev–Trinajstić information content (AvgIpc) is 2.14. The average molecular weight is 225 g/mol. The summed E-state index contributed by atoms with van der Waals surface area (Å²) in [6.45, 7) is 10.7. The zero-order valence-corrected chi connectivity index (χ0v) is 11.1. The molecule has 0 unspecified atom stereocenters. The molecule has 0 aromatic heterocycles. The summed E-state index contributed by atoms with van der Waals surface area (Å²) in [5, 5.41) is 8.93. The maximum Gasteiger partial charge on any atom is 0.0558 e. The number of aliphatic hydroxyl groups is 1. The Labute approximate surface area is 100 Å². The summed E-state index contributed by atoms with van der Waals surface area (Å²) in [5.41, 5.74) is 1.19. The first-order valence-corrected chi connectivity index (χ1v) is 6.78. The number of nitrogens with zero attached hydrogens (tertiary/aromatic N) is 1. The molecule has 2 nitrogen and oxygen atoms in total. The summed E-state index contributed by atoms with van der Waals surface area (Å²) in [6, 6.07) is 0. The molecule has 1 saturated carbocycles. The van der Waals surface area contributed by atoms with Crippen molar-refractivity contribution in [2.24, 2.45) is 16.7 Å². The fraction of sp³-hybridized carbons (Fsp3) is 1.00. The summed E-state index contributed by atoms with van der Waals surface area (Å²) < 4.78 is 0. The maximum absolute atomic E-state index is 8.93. The Kier molecular flexibility index (Phi) is 3.33. The quantitative estimate of drug-likeness (QED) is 0.780. The number of likely N-dealkylation sites (tertiary alicyclic amines) is 1. The van der Waals surface area contributed by atoms with Crippen molar-refractivity contribution in [1.82, 2.24) is 4.90 Å². The minimum atomic E-state index is 0.317. The van der Waals surface area contributed by atoms with E-state index in [1.165, 1.54) is 38.8 Å². The summed E-state index contributed by atoms with van der Waals surface area (Å²) in [7, 11) is 0. The Hall–Kier alpha value is -0.0800. The van der Waals surface area contributed by atoms with Crippen molar-refractivity contribution < 1.29 is 5.11 Å². The molecule has 0 aromatic carbocycles. The van der Waals surface area contributed by atoms with E-state index in [-0.39, 0.29) is 0 Å². The smallest absolute Gasteiger partial charge is 0.0558 e. The Morgan fingerprint density at radius 2 is 1.75 bits per heavy atom. The van der Waals surface area contributed by atoms with Crippen molar-refractivity contribution in [2.45, 2.75) is 46.5 Å². The van der Waals surface area contributed by atoms with Gasteiger partial charge in [-0.3, -0.25) is 0 Å². The van der Waals surface area contributed by atoms with Crippen molar-refractivity contribution in [2.75, 3.05) is 26.2 Å². The Morgan fingerprint density at radius 1 is 1.19 bits per heavy atom. The van der Waals surface area contributed by atoms with Crippen LogP contribution in [0.4, 0.5) is 0 Å². The molecule has 2 fully saturated rings. The van der Waals surface area contributed by atoms with Gasteiger partial charge in [0.2, 0.25) is 0 Å². The van der Waals surface area contributed by atoms with Gasteiger partial charge in [-0.05, 0) is 55.5 Å². The normalized spacial score (nSPS) is 27.0. The van der Waals surface area contributed by atoms with Gasteiger partial charge in [0.1, 0.15) is 0 Å². The van der Waals surface area contributed by atoms with E-state index >= 15 is 0 Å². The topological polar surface area (TPSA) is 23.5 Å². The van der Waals surface area contributed by atoms with Crippen LogP contribution in [0.2, 0.25) is 0 Å². The van der Waals surface area contributed by atoms with Crippen LogP contribution in [0.5, 0.6) is 0 Å². The first-order chi connectivity index (χ1) is 7.45. The summed E-state index contributed by atoms with van der Waals surface area (Å²) in [4.78, 5) is 2.41. The van der Waals surface area contributed by atoms with Gasteiger partial charge in [-0.15, -0.1) is 0 Å². The van der Waals surface area contributed by atoms with Gasteiger partial charge in [-0.2, -0.15) is 0 Å². The van der Waals surface area contributed by atoms with Crippen molar-refractivity contribution in [3.05, 3.63) is 0 Å². The number of hydrogen-bond acceptors (Lipinski definition) is 2. The zero-order chi connectivity index (χ0) is 11.8. The van der Waals surface area contributed by atoms with Crippen LogP contribution in [-0.2, 0) is 0 Å². The number of rotatable bonds is 2. The highest BCUT2D eigenvalue weighted by atomic mass is 16.3. The fourth-order valence-corrected chi connectivity index (χ4v) is 3.40. The second-order valence-corrected chi connectivity index (χ2v) is 7.04. The number of piperidine rings is 1. The molecule has 1 heterocycles. The first kappa shape index (κ1) is 12.4. The highest BCUT2D eigenvalue weighted by molar-refractivity contribution is 5.00. The van der Waals surface area contributed by atoms with Gasteiger partial charge in [0.25, 0.3) is 0 Å². The minimum Gasteiger partial charge on any atom is -0.395 e. The minimum absolute atomic E-state index is 0.317. The van der Waals surface area contributed by atoms with E-state index in [0.717, 1.165) is 12.5 Å². The standard InChI is InChI=1S/C14H27NO/c1-13(2,3)12-10-14(11-12)4-6-15(7-5-14)8-9-16/h12,16H,4-11H2,1-3H3. The van der Waals surface area contributed by atoms with E-state index in [4.69, 9.17) is 5.11 Å². The van der Waals surface area contributed by atoms with Gasteiger partial charge >= 0.3 is 0 Å². The van der Waals surface area contributed by atoms with Gasteiger partial charge < -0.3 is 10.0 Å².